The number of aliphatic hydroxyl groups is 4. The normalized spacial score (nSPS) is 13.5. The first kappa shape index (κ1) is 32.6. The Bertz CT molecular complexity index is 653. The standard InChI is InChI=1S/C17H30O5P2.C5H12O4/c1-8-16(4,5)13-10-12(3)11-14(17(6,7)9-2)15(13)21-24(20)22-23(18)19;6-1-5(2-7,3-8)4-9/h10-11,18-20H,8-9H2,1-7H3;6-9H,1-4H2. The van der Waals surface area contributed by atoms with Crippen molar-refractivity contribution in [3.05, 3.63) is 28.8 Å². The van der Waals surface area contributed by atoms with Gasteiger partial charge >= 0.3 is 17.2 Å². The molecule has 33 heavy (non-hydrogen) atoms. The highest BCUT2D eigenvalue weighted by atomic mass is 31.2. The zero-order valence-corrected chi connectivity index (χ0v) is 22.5. The number of rotatable bonds is 12. The molecule has 0 radical (unpaired) electrons. The highest BCUT2D eigenvalue weighted by Crippen LogP contribution is 2.51. The Morgan fingerprint density at radius 1 is 0.758 bits per heavy atom. The summed E-state index contributed by atoms with van der Waals surface area (Å²) < 4.78 is 10.4. The summed E-state index contributed by atoms with van der Waals surface area (Å²) in [6.07, 6.45) is 1.80. The molecule has 1 unspecified atom stereocenters. The van der Waals surface area contributed by atoms with Crippen molar-refractivity contribution < 1.29 is 43.9 Å². The van der Waals surface area contributed by atoms with E-state index < -0.39 is 49.0 Å². The molecule has 1 aromatic carbocycles. The van der Waals surface area contributed by atoms with E-state index in [9.17, 15) is 4.89 Å². The second-order valence-corrected chi connectivity index (χ2v) is 11.3. The highest BCUT2D eigenvalue weighted by molar-refractivity contribution is 7.54. The maximum Gasteiger partial charge on any atom is 0.401 e. The number of benzene rings is 1. The van der Waals surface area contributed by atoms with Gasteiger partial charge < -0.3 is 39.6 Å². The molecule has 0 aliphatic heterocycles. The van der Waals surface area contributed by atoms with Gasteiger partial charge in [-0.3, -0.25) is 0 Å². The molecule has 0 saturated heterocycles. The predicted octanol–water partition coefficient (Wildman–Crippen LogP) is 3.14. The third-order valence-electron chi connectivity index (χ3n) is 6.11. The maximum absolute atomic E-state index is 9.98. The van der Waals surface area contributed by atoms with Gasteiger partial charge in [-0.15, -0.1) is 0 Å². The van der Waals surface area contributed by atoms with Crippen LogP contribution in [-0.2, 0) is 15.1 Å². The lowest BCUT2D eigenvalue weighted by Gasteiger charge is -2.33. The molecule has 0 aromatic heterocycles. The van der Waals surface area contributed by atoms with E-state index in [0.717, 1.165) is 29.5 Å². The van der Waals surface area contributed by atoms with Crippen molar-refractivity contribution in [3.63, 3.8) is 0 Å². The molecule has 0 amide bonds. The van der Waals surface area contributed by atoms with Crippen LogP contribution in [-0.4, -0.2) is 61.5 Å². The van der Waals surface area contributed by atoms with Crippen LogP contribution in [0.5, 0.6) is 5.75 Å². The summed E-state index contributed by atoms with van der Waals surface area (Å²) in [5.41, 5.74) is 1.70. The average molecular weight is 513 g/mol. The Morgan fingerprint density at radius 3 is 1.36 bits per heavy atom. The monoisotopic (exact) mass is 512 g/mol. The van der Waals surface area contributed by atoms with Crippen molar-refractivity contribution >= 4 is 17.2 Å². The molecule has 0 heterocycles. The van der Waals surface area contributed by atoms with Crippen LogP contribution in [0.3, 0.4) is 0 Å². The summed E-state index contributed by atoms with van der Waals surface area (Å²) >= 11 is 0. The summed E-state index contributed by atoms with van der Waals surface area (Å²) in [5, 5.41) is 34.0. The molecule has 194 valence electrons. The van der Waals surface area contributed by atoms with Crippen molar-refractivity contribution in [1.29, 1.82) is 0 Å². The Kier molecular flexibility index (Phi) is 14.0. The lowest BCUT2D eigenvalue weighted by molar-refractivity contribution is -0.0328. The van der Waals surface area contributed by atoms with Crippen LogP contribution in [0.2, 0.25) is 0 Å². The third kappa shape index (κ3) is 9.61. The van der Waals surface area contributed by atoms with E-state index in [2.05, 4.69) is 58.0 Å². The minimum absolute atomic E-state index is 0.154. The summed E-state index contributed by atoms with van der Waals surface area (Å²) in [6, 6.07) is 4.13. The van der Waals surface area contributed by atoms with Crippen molar-refractivity contribution in [2.45, 2.75) is 72.1 Å². The van der Waals surface area contributed by atoms with Crippen LogP contribution in [0.25, 0.3) is 0 Å². The molecule has 1 aromatic rings. The third-order valence-corrected chi connectivity index (χ3v) is 7.59. The summed E-state index contributed by atoms with van der Waals surface area (Å²) in [4.78, 5) is 27.9. The second kappa shape index (κ2) is 14.2. The average Bonchev–Trinajstić information content (AvgIpc) is 2.76. The Morgan fingerprint density at radius 2 is 1.12 bits per heavy atom. The van der Waals surface area contributed by atoms with Crippen LogP contribution >= 0.6 is 17.2 Å². The van der Waals surface area contributed by atoms with E-state index in [0.29, 0.717) is 5.75 Å². The first-order valence-corrected chi connectivity index (χ1v) is 13.1. The van der Waals surface area contributed by atoms with E-state index in [1.807, 2.05) is 6.92 Å². The van der Waals surface area contributed by atoms with Gasteiger partial charge in [-0.1, -0.05) is 59.2 Å². The number of hydrogen-bond acceptors (Lipinski definition) is 9. The fourth-order valence-corrected chi connectivity index (χ4v) is 3.70. The molecule has 7 N–H and O–H groups in total. The predicted molar refractivity (Wildman–Crippen MR) is 131 cm³/mol. The minimum Gasteiger partial charge on any atom is -0.426 e. The molecule has 1 rings (SSSR count). The second-order valence-electron chi connectivity index (χ2n) is 9.46. The first-order valence-electron chi connectivity index (χ1n) is 10.8. The van der Waals surface area contributed by atoms with Gasteiger partial charge in [0.25, 0.3) is 0 Å². The lowest BCUT2D eigenvalue weighted by Crippen LogP contribution is -2.37. The summed E-state index contributed by atoms with van der Waals surface area (Å²) in [6.45, 7) is 13.1. The van der Waals surface area contributed by atoms with Gasteiger partial charge in [0.2, 0.25) is 0 Å². The van der Waals surface area contributed by atoms with E-state index >= 15 is 0 Å². The highest BCUT2D eigenvalue weighted by Gasteiger charge is 2.32. The van der Waals surface area contributed by atoms with E-state index in [1.165, 1.54) is 0 Å². The van der Waals surface area contributed by atoms with E-state index in [-0.39, 0.29) is 10.8 Å². The van der Waals surface area contributed by atoms with Crippen LogP contribution in [0, 0.1) is 12.3 Å². The lowest BCUT2D eigenvalue weighted by atomic mass is 9.75. The minimum atomic E-state index is -2.67. The van der Waals surface area contributed by atoms with Crippen molar-refractivity contribution in [1.82, 2.24) is 0 Å². The van der Waals surface area contributed by atoms with E-state index in [1.54, 1.807) is 0 Å². The Hall–Kier alpha value is -0.440. The fraction of sp³-hybridized carbons (Fsp3) is 0.727. The maximum atomic E-state index is 9.98. The SMILES string of the molecule is CCC(C)(C)c1cc(C)cc(C(C)(C)CC)c1OP(O)OP(O)O.OCC(CO)(CO)CO. The van der Waals surface area contributed by atoms with Gasteiger partial charge in [0.05, 0.1) is 31.8 Å². The molecule has 9 nitrogen and oxygen atoms in total. The van der Waals surface area contributed by atoms with Crippen LogP contribution in [0.4, 0.5) is 0 Å². The molecule has 0 saturated carbocycles. The van der Waals surface area contributed by atoms with Crippen LogP contribution < -0.4 is 4.52 Å². The molecule has 0 aliphatic rings. The molecule has 1 atom stereocenters. The summed E-state index contributed by atoms with van der Waals surface area (Å²) in [5.74, 6) is 0.588. The zero-order valence-electron chi connectivity index (χ0n) is 20.7. The quantitative estimate of drug-likeness (QED) is 0.209. The molecule has 0 bridgehead atoms. The number of aryl methyl sites for hydroxylation is 1. The topological polar surface area (TPSA) is 160 Å². The van der Waals surface area contributed by atoms with Crippen molar-refractivity contribution in [3.8, 4) is 5.75 Å². The number of hydrogen-bond donors (Lipinski definition) is 7. The summed E-state index contributed by atoms with van der Waals surface area (Å²) in [7, 11) is -5.09. The Balaban J connectivity index is 0.000000960. The molecule has 0 spiro atoms. The van der Waals surface area contributed by atoms with Crippen molar-refractivity contribution in [2.24, 2.45) is 5.41 Å². The number of aliphatic hydroxyl groups excluding tert-OH is 4. The van der Waals surface area contributed by atoms with Gasteiger partial charge in [0.1, 0.15) is 5.75 Å². The molecule has 0 fully saturated rings. The van der Waals surface area contributed by atoms with Gasteiger partial charge in [-0.25, -0.2) is 4.31 Å². The van der Waals surface area contributed by atoms with Crippen LogP contribution in [0.15, 0.2) is 12.1 Å². The fourth-order valence-electron chi connectivity index (χ4n) is 2.72. The molecule has 0 aliphatic carbocycles. The van der Waals surface area contributed by atoms with Crippen LogP contribution in [0.1, 0.15) is 71.1 Å². The molecule has 11 heteroatoms. The van der Waals surface area contributed by atoms with Crippen molar-refractivity contribution in [2.75, 3.05) is 26.4 Å². The van der Waals surface area contributed by atoms with Gasteiger partial charge in [-0.2, -0.15) is 0 Å². The zero-order chi connectivity index (χ0) is 26.0. The smallest absolute Gasteiger partial charge is 0.401 e. The molecular formula is C22H42O9P2. The van der Waals surface area contributed by atoms with E-state index in [4.69, 9.17) is 34.7 Å². The van der Waals surface area contributed by atoms with Gasteiger partial charge in [0.15, 0.2) is 0 Å². The van der Waals surface area contributed by atoms with Gasteiger partial charge in [-0.05, 0) is 30.6 Å². The van der Waals surface area contributed by atoms with Gasteiger partial charge in [0, 0.05) is 11.1 Å². The largest absolute Gasteiger partial charge is 0.426 e. The Labute approximate surface area is 200 Å². The first-order chi connectivity index (χ1) is 15.2. The molecular weight excluding hydrogens is 470 g/mol.